The summed E-state index contributed by atoms with van der Waals surface area (Å²) in [5, 5.41) is 20.5. The lowest BCUT2D eigenvalue weighted by Gasteiger charge is -2.53. The molecule has 2 aliphatic heterocycles. The fourth-order valence-electron chi connectivity index (χ4n) is 4.62. The van der Waals surface area contributed by atoms with Gasteiger partial charge in [-0.3, -0.25) is 10.1 Å². The Hall–Kier alpha value is -1.46. The van der Waals surface area contributed by atoms with Gasteiger partial charge in [-0.2, -0.15) is 0 Å². The predicted molar refractivity (Wildman–Crippen MR) is 84.2 cm³/mol. The van der Waals surface area contributed by atoms with Gasteiger partial charge in [0.25, 0.3) is 5.69 Å². The first-order valence-corrected chi connectivity index (χ1v) is 8.34. The van der Waals surface area contributed by atoms with Crippen LogP contribution < -0.4 is 0 Å². The summed E-state index contributed by atoms with van der Waals surface area (Å²) < 4.78 is 1.07. The van der Waals surface area contributed by atoms with Gasteiger partial charge in [0.1, 0.15) is 6.54 Å². The quantitative estimate of drug-likeness (QED) is 0.528. The minimum absolute atomic E-state index is 0.158. The van der Waals surface area contributed by atoms with Crippen molar-refractivity contribution in [2.45, 2.75) is 44.7 Å². The fourth-order valence-corrected chi connectivity index (χ4v) is 4.62. The Morgan fingerprint density at radius 2 is 1.86 bits per heavy atom. The highest BCUT2D eigenvalue weighted by Crippen LogP contribution is 2.39. The Morgan fingerprint density at radius 3 is 2.55 bits per heavy atom. The summed E-state index contributed by atoms with van der Waals surface area (Å²) in [6, 6.07) is 7.58. The maximum absolute atomic E-state index is 10.8. The molecule has 1 N–H and O–H groups in total. The molecule has 3 atom stereocenters. The minimum Gasteiger partial charge on any atom is -0.396 e. The van der Waals surface area contributed by atoms with Gasteiger partial charge in [-0.05, 0) is 37.8 Å². The molecular weight excluding hydrogens is 280 g/mol. The zero-order valence-electron chi connectivity index (χ0n) is 13.0. The number of rotatable bonds is 4. The van der Waals surface area contributed by atoms with Crippen LogP contribution in [0.1, 0.15) is 37.7 Å². The maximum Gasteiger partial charge on any atom is 0.269 e. The molecule has 2 heterocycles. The Kier molecular flexibility index (Phi) is 4.45. The summed E-state index contributed by atoms with van der Waals surface area (Å²) in [6.45, 7) is 3.60. The molecule has 120 valence electrons. The maximum atomic E-state index is 10.8. The highest BCUT2D eigenvalue weighted by atomic mass is 16.6. The van der Waals surface area contributed by atoms with E-state index in [0.717, 1.165) is 17.4 Å². The van der Waals surface area contributed by atoms with E-state index in [4.69, 9.17) is 0 Å². The number of hydrogen-bond donors (Lipinski definition) is 1. The van der Waals surface area contributed by atoms with Gasteiger partial charge in [-0.15, -0.1) is 0 Å². The van der Waals surface area contributed by atoms with Gasteiger partial charge in [-0.1, -0.05) is 0 Å². The predicted octanol–water partition coefficient (Wildman–Crippen LogP) is 2.87. The van der Waals surface area contributed by atoms with E-state index >= 15 is 0 Å². The van der Waals surface area contributed by atoms with Crippen molar-refractivity contribution >= 4 is 5.69 Å². The smallest absolute Gasteiger partial charge is 0.269 e. The van der Waals surface area contributed by atoms with E-state index in [-0.39, 0.29) is 10.6 Å². The van der Waals surface area contributed by atoms with Crippen molar-refractivity contribution in [3.8, 4) is 0 Å². The molecule has 1 aromatic rings. The molecule has 0 radical (unpaired) electrons. The van der Waals surface area contributed by atoms with Crippen LogP contribution in [0.25, 0.3) is 0 Å². The first kappa shape index (κ1) is 15.4. The SMILES string of the molecule is O=[N+]([O-])c1ccc(C[N@+]23CCCC[C@@H]2[C@H](CO)CCC3)cc1. The molecule has 22 heavy (non-hydrogen) atoms. The molecule has 0 aromatic heterocycles. The zero-order chi connectivity index (χ0) is 15.6. The van der Waals surface area contributed by atoms with Crippen LogP contribution >= 0.6 is 0 Å². The lowest BCUT2D eigenvalue weighted by atomic mass is 9.81. The van der Waals surface area contributed by atoms with E-state index in [2.05, 4.69) is 0 Å². The summed E-state index contributed by atoms with van der Waals surface area (Å²) in [4.78, 5) is 10.4. The third-order valence-corrected chi connectivity index (χ3v) is 5.66. The van der Waals surface area contributed by atoms with E-state index in [1.165, 1.54) is 44.3 Å². The standard InChI is InChI=1S/C17H25N2O3/c20-13-15-4-3-11-19(10-2-1-5-17(15)19)12-14-6-8-16(9-7-14)18(21)22/h6-9,15,17,20H,1-5,10-13H2/q+1/t15-,17+,19+/m0/s1. The lowest BCUT2D eigenvalue weighted by molar-refractivity contribution is -0.976. The van der Waals surface area contributed by atoms with Crippen molar-refractivity contribution in [2.75, 3.05) is 19.7 Å². The zero-order valence-corrected chi connectivity index (χ0v) is 13.0. The number of piperidine rings is 2. The Bertz CT molecular complexity index is 527. The second-order valence-electron chi connectivity index (χ2n) is 6.90. The molecule has 5 heteroatoms. The van der Waals surface area contributed by atoms with Crippen LogP contribution in [0.5, 0.6) is 0 Å². The van der Waals surface area contributed by atoms with Gasteiger partial charge in [-0.25, -0.2) is 0 Å². The van der Waals surface area contributed by atoms with Crippen molar-refractivity contribution in [1.29, 1.82) is 0 Å². The van der Waals surface area contributed by atoms with Gasteiger partial charge in [0.15, 0.2) is 0 Å². The molecule has 0 amide bonds. The summed E-state index contributed by atoms with van der Waals surface area (Å²) in [7, 11) is 0. The fraction of sp³-hybridized carbons (Fsp3) is 0.647. The average molecular weight is 305 g/mol. The molecule has 3 rings (SSSR count). The third kappa shape index (κ3) is 2.88. The minimum atomic E-state index is -0.345. The van der Waals surface area contributed by atoms with Crippen molar-refractivity contribution < 1.29 is 14.5 Å². The molecule has 0 bridgehead atoms. The molecule has 0 spiro atoms. The van der Waals surface area contributed by atoms with Crippen molar-refractivity contribution in [1.82, 2.24) is 0 Å². The molecule has 2 aliphatic rings. The van der Waals surface area contributed by atoms with Crippen LogP contribution in [0.2, 0.25) is 0 Å². The Balaban J connectivity index is 1.82. The summed E-state index contributed by atoms with van der Waals surface area (Å²) in [5.74, 6) is 0.423. The van der Waals surface area contributed by atoms with Gasteiger partial charge in [0, 0.05) is 30.0 Å². The number of nitro groups is 1. The molecule has 0 unspecified atom stereocenters. The molecule has 0 saturated carbocycles. The van der Waals surface area contributed by atoms with Crippen LogP contribution in [0.3, 0.4) is 0 Å². The second kappa shape index (κ2) is 6.34. The molecular formula is C17H25N2O3+. The summed E-state index contributed by atoms with van der Waals surface area (Å²) in [5.41, 5.74) is 1.34. The molecule has 2 fully saturated rings. The highest BCUT2D eigenvalue weighted by molar-refractivity contribution is 5.32. The number of aliphatic hydroxyl groups excluding tert-OH is 1. The Morgan fingerprint density at radius 1 is 1.14 bits per heavy atom. The second-order valence-corrected chi connectivity index (χ2v) is 6.90. The number of nitrogens with zero attached hydrogens (tertiary/aromatic N) is 2. The van der Waals surface area contributed by atoms with Gasteiger partial charge in [0.05, 0.1) is 30.7 Å². The number of quaternary nitrogens is 1. The first-order chi connectivity index (χ1) is 10.6. The lowest BCUT2D eigenvalue weighted by Crippen LogP contribution is -2.63. The van der Waals surface area contributed by atoms with Crippen LogP contribution in [-0.2, 0) is 6.54 Å². The highest BCUT2D eigenvalue weighted by Gasteiger charge is 2.46. The monoisotopic (exact) mass is 305 g/mol. The largest absolute Gasteiger partial charge is 0.396 e. The van der Waals surface area contributed by atoms with Gasteiger partial charge < -0.3 is 9.59 Å². The van der Waals surface area contributed by atoms with E-state index < -0.39 is 0 Å². The van der Waals surface area contributed by atoms with E-state index in [9.17, 15) is 15.2 Å². The topological polar surface area (TPSA) is 63.4 Å². The number of aliphatic hydroxyl groups is 1. The van der Waals surface area contributed by atoms with Crippen LogP contribution in [0.4, 0.5) is 5.69 Å². The Labute approximate surface area is 131 Å². The van der Waals surface area contributed by atoms with Crippen molar-refractivity contribution in [2.24, 2.45) is 5.92 Å². The number of nitro benzene ring substituents is 1. The summed E-state index contributed by atoms with van der Waals surface area (Å²) >= 11 is 0. The number of fused-ring (bicyclic) bond motifs is 1. The molecule has 2 saturated heterocycles. The number of benzene rings is 1. The van der Waals surface area contributed by atoms with Crippen LogP contribution in [0.15, 0.2) is 24.3 Å². The van der Waals surface area contributed by atoms with Crippen LogP contribution in [0, 0.1) is 16.0 Å². The van der Waals surface area contributed by atoms with E-state index in [1.807, 2.05) is 12.1 Å². The van der Waals surface area contributed by atoms with Crippen LogP contribution in [-0.4, -0.2) is 40.3 Å². The third-order valence-electron chi connectivity index (χ3n) is 5.66. The normalized spacial score (nSPS) is 31.5. The molecule has 0 aliphatic carbocycles. The number of hydrogen-bond acceptors (Lipinski definition) is 3. The van der Waals surface area contributed by atoms with Crippen molar-refractivity contribution in [3.63, 3.8) is 0 Å². The van der Waals surface area contributed by atoms with Gasteiger partial charge in [0.2, 0.25) is 0 Å². The van der Waals surface area contributed by atoms with Crippen molar-refractivity contribution in [3.05, 3.63) is 39.9 Å². The molecule has 5 nitrogen and oxygen atoms in total. The van der Waals surface area contributed by atoms with Gasteiger partial charge >= 0.3 is 0 Å². The molecule has 1 aromatic carbocycles. The summed E-state index contributed by atoms with van der Waals surface area (Å²) in [6.07, 6.45) is 6.04. The van der Waals surface area contributed by atoms with E-state index in [1.54, 1.807) is 12.1 Å². The van der Waals surface area contributed by atoms with E-state index in [0.29, 0.717) is 18.6 Å². The average Bonchev–Trinajstić information content (AvgIpc) is 2.54. The number of non-ortho nitro benzene ring substituents is 1. The first-order valence-electron chi connectivity index (χ1n) is 8.34.